The smallest absolute Gasteiger partial charge is 0.246 e. The molecule has 5 rings (SSSR count). The zero-order valence-corrected chi connectivity index (χ0v) is 21.8. The number of piperazine rings is 1. The van der Waals surface area contributed by atoms with Gasteiger partial charge in [0.15, 0.2) is 5.65 Å². The van der Waals surface area contributed by atoms with E-state index < -0.39 is 0 Å². The van der Waals surface area contributed by atoms with Crippen molar-refractivity contribution in [2.75, 3.05) is 44.6 Å². The van der Waals surface area contributed by atoms with Crippen LogP contribution in [0, 0.1) is 0 Å². The van der Waals surface area contributed by atoms with Crippen molar-refractivity contribution >= 4 is 40.0 Å². The highest BCUT2D eigenvalue weighted by Crippen LogP contribution is 2.33. The Bertz CT molecular complexity index is 1380. The van der Waals surface area contributed by atoms with Gasteiger partial charge in [0.2, 0.25) is 11.8 Å². The van der Waals surface area contributed by atoms with E-state index in [1.807, 2.05) is 29.2 Å². The van der Waals surface area contributed by atoms with Crippen LogP contribution in [0.1, 0.15) is 19.0 Å². The first-order valence-electron chi connectivity index (χ1n) is 12.5. The molecule has 2 N–H and O–H groups in total. The van der Waals surface area contributed by atoms with Crippen molar-refractivity contribution in [1.82, 2.24) is 34.9 Å². The number of hydrogen-bond acceptors (Lipinski definition) is 9. The van der Waals surface area contributed by atoms with Gasteiger partial charge >= 0.3 is 0 Å². The number of H-pyrrole nitrogens is 1. The molecule has 1 aliphatic rings. The molecule has 4 aromatic rings. The number of aromatic amines is 1. The number of nitrogens with zero attached hydrogens (tertiary/aromatic N) is 6. The number of aromatic nitrogens is 5. The zero-order valence-electron chi connectivity index (χ0n) is 21.1. The van der Waals surface area contributed by atoms with Crippen LogP contribution in [-0.2, 0) is 11.4 Å². The van der Waals surface area contributed by atoms with Gasteiger partial charge in [-0.15, -0.1) is 5.10 Å². The van der Waals surface area contributed by atoms with Crippen LogP contribution in [0.3, 0.4) is 0 Å². The molecular formula is C26H29ClN8O3. The molecule has 1 fully saturated rings. The predicted molar refractivity (Wildman–Crippen MR) is 144 cm³/mol. The van der Waals surface area contributed by atoms with E-state index in [9.17, 15) is 4.79 Å². The van der Waals surface area contributed by atoms with Gasteiger partial charge in [-0.05, 0) is 36.8 Å². The van der Waals surface area contributed by atoms with Gasteiger partial charge in [0.25, 0.3) is 0 Å². The summed E-state index contributed by atoms with van der Waals surface area (Å²) in [5.74, 6) is 1.69. The summed E-state index contributed by atoms with van der Waals surface area (Å²) in [6, 6.07) is 11.1. The first kappa shape index (κ1) is 25.7. The highest BCUT2D eigenvalue weighted by Gasteiger charge is 2.19. The quantitative estimate of drug-likeness (QED) is 0.292. The number of amides is 1. The van der Waals surface area contributed by atoms with Gasteiger partial charge in [0.1, 0.15) is 29.9 Å². The Kier molecular flexibility index (Phi) is 8.15. The lowest BCUT2D eigenvalue weighted by molar-refractivity contribution is -0.130. The van der Waals surface area contributed by atoms with E-state index in [4.69, 9.17) is 21.1 Å². The summed E-state index contributed by atoms with van der Waals surface area (Å²) in [4.78, 5) is 28.7. The number of fused-ring (bicyclic) bond motifs is 1. The van der Waals surface area contributed by atoms with Crippen LogP contribution >= 0.6 is 11.6 Å². The molecule has 0 saturated carbocycles. The molecule has 0 radical (unpaired) electrons. The van der Waals surface area contributed by atoms with E-state index in [2.05, 4.69) is 35.4 Å². The number of rotatable bonds is 10. The second-order valence-corrected chi connectivity index (χ2v) is 9.31. The molecule has 1 aliphatic heterocycles. The summed E-state index contributed by atoms with van der Waals surface area (Å²) >= 11 is 6.48. The largest absolute Gasteiger partial charge is 0.486 e. The van der Waals surface area contributed by atoms with E-state index >= 15 is 0 Å². The normalized spacial score (nSPS) is 14.0. The molecule has 38 heavy (non-hydrogen) atoms. The number of anilines is 2. The molecular weight excluding hydrogens is 508 g/mol. The fraction of sp³-hybridized carbons (Fsp3) is 0.346. The number of hydrogen-bond donors (Lipinski definition) is 2. The van der Waals surface area contributed by atoms with E-state index in [1.54, 1.807) is 25.3 Å². The minimum Gasteiger partial charge on any atom is -0.486 e. The maximum absolute atomic E-state index is 11.5. The van der Waals surface area contributed by atoms with Crippen LogP contribution in [0.25, 0.3) is 11.0 Å². The monoisotopic (exact) mass is 536 g/mol. The molecule has 0 spiro atoms. The minimum atomic E-state index is 0.136. The number of carbonyl (C=O) groups excluding carboxylic acids is 1. The second kappa shape index (κ2) is 12.1. The van der Waals surface area contributed by atoms with Crippen LogP contribution in [0.4, 0.5) is 11.5 Å². The van der Waals surface area contributed by atoms with Crippen molar-refractivity contribution in [2.24, 2.45) is 0 Å². The highest BCUT2D eigenvalue weighted by molar-refractivity contribution is 6.32. The molecule has 3 aromatic heterocycles. The third-order valence-electron chi connectivity index (χ3n) is 6.30. The average molecular weight is 537 g/mol. The van der Waals surface area contributed by atoms with Gasteiger partial charge in [-0.1, -0.05) is 17.7 Å². The molecule has 4 heterocycles. The Morgan fingerprint density at radius 2 is 1.97 bits per heavy atom. The van der Waals surface area contributed by atoms with Gasteiger partial charge in [-0.2, -0.15) is 0 Å². The predicted octanol–water partition coefficient (Wildman–Crippen LogP) is 3.66. The lowest BCUT2D eigenvalue weighted by Crippen LogP contribution is -2.48. The molecule has 0 bridgehead atoms. The van der Waals surface area contributed by atoms with Crippen LogP contribution in [0.15, 0.2) is 48.9 Å². The number of pyridine rings is 1. The van der Waals surface area contributed by atoms with Gasteiger partial charge < -0.3 is 19.7 Å². The average Bonchev–Trinajstić information content (AvgIpc) is 3.35. The Labute approximate surface area is 225 Å². The molecule has 1 saturated heterocycles. The molecule has 0 aliphatic carbocycles. The van der Waals surface area contributed by atoms with Crippen molar-refractivity contribution < 1.29 is 14.3 Å². The van der Waals surface area contributed by atoms with Crippen molar-refractivity contribution in [3.63, 3.8) is 0 Å². The molecule has 0 unspecified atom stereocenters. The Balaban J connectivity index is 1.18. The molecule has 11 nitrogen and oxygen atoms in total. The summed E-state index contributed by atoms with van der Waals surface area (Å²) in [7, 11) is 0. The number of carbonyl (C=O) groups is 1. The summed E-state index contributed by atoms with van der Waals surface area (Å²) in [6.07, 6.45) is 4.02. The number of benzene rings is 1. The third kappa shape index (κ3) is 6.29. The topological polar surface area (TPSA) is 121 Å². The second-order valence-electron chi connectivity index (χ2n) is 8.90. The first-order chi connectivity index (χ1) is 18.6. The summed E-state index contributed by atoms with van der Waals surface area (Å²) in [6.45, 7) is 6.63. The Morgan fingerprint density at radius 1 is 1.11 bits per heavy atom. The molecule has 0 atom stereocenters. The molecule has 198 valence electrons. The van der Waals surface area contributed by atoms with Gasteiger partial charge in [0.05, 0.1) is 17.3 Å². The van der Waals surface area contributed by atoms with E-state index in [1.165, 1.54) is 6.33 Å². The fourth-order valence-corrected chi connectivity index (χ4v) is 4.48. The van der Waals surface area contributed by atoms with E-state index in [0.29, 0.717) is 46.7 Å². The van der Waals surface area contributed by atoms with E-state index in [-0.39, 0.29) is 5.91 Å². The Hall–Kier alpha value is -3.96. The summed E-state index contributed by atoms with van der Waals surface area (Å²) in [5, 5.41) is 11.6. The van der Waals surface area contributed by atoms with Gasteiger partial charge in [-0.3, -0.25) is 19.8 Å². The van der Waals surface area contributed by atoms with Crippen LogP contribution in [0.2, 0.25) is 5.02 Å². The maximum atomic E-state index is 11.5. The standard InChI is InChI=1S/C26H29ClN8O3/c1-18(36)35-12-10-34(11-13-35)9-4-14-37-26-23-24(29-17-30-25(23)32-33-26)31-19-6-7-22(21(27)15-19)38-16-20-5-2-3-8-28-20/h2-3,5-8,15,17H,4,9-14,16H2,1H3,(H2,29,30,31,32,33). The van der Waals surface area contributed by atoms with Crippen LogP contribution in [0.5, 0.6) is 11.6 Å². The van der Waals surface area contributed by atoms with E-state index in [0.717, 1.165) is 50.5 Å². The lowest BCUT2D eigenvalue weighted by Gasteiger charge is -2.34. The lowest BCUT2D eigenvalue weighted by atomic mass is 10.2. The third-order valence-corrected chi connectivity index (χ3v) is 6.59. The van der Waals surface area contributed by atoms with Crippen molar-refractivity contribution in [3.05, 3.63) is 59.6 Å². The first-order valence-corrected chi connectivity index (χ1v) is 12.8. The van der Waals surface area contributed by atoms with Crippen LogP contribution < -0.4 is 14.8 Å². The van der Waals surface area contributed by atoms with Gasteiger partial charge in [0, 0.05) is 51.5 Å². The number of nitrogens with one attached hydrogen (secondary N) is 2. The SMILES string of the molecule is CC(=O)N1CCN(CCCOc2n[nH]c3ncnc(Nc4ccc(OCc5ccccn5)c(Cl)c4)c23)CC1. The number of halogens is 1. The molecule has 12 heteroatoms. The zero-order chi connectivity index (χ0) is 26.3. The number of ether oxygens (including phenoxy) is 2. The highest BCUT2D eigenvalue weighted by atomic mass is 35.5. The molecule has 1 aromatic carbocycles. The van der Waals surface area contributed by atoms with Crippen molar-refractivity contribution in [1.29, 1.82) is 0 Å². The fourth-order valence-electron chi connectivity index (χ4n) is 4.24. The Morgan fingerprint density at radius 3 is 2.74 bits per heavy atom. The molecule has 1 amide bonds. The van der Waals surface area contributed by atoms with Crippen molar-refractivity contribution in [2.45, 2.75) is 20.0 Å². The van der Waals surface area contributed by atoms with Gasteiger partial charge in [-0.25, -0.2) is 9.97 Å². The van der Waals surface area contributed by atoms with Crippen LogP contribution in [-0.4, -0.2) is 80.2 Å². The van der Waals surface area contributed by atoms with Crippen molar-refractivity contribution in [3.8, 4) is 11.6 Å². The summed E-state index contributed by atoms with van der Waals surface area (Å²) < 4.78 is 11.8. The minimum absolute atomic E-state index is 0.136. The summed E-state index contributed by atoms with van der Waals surface area (Å²) in [5.41, 5.74) is 2.12. The maximum Gasteiger partial charge on any atom is 0.246 e.